The van der Waals surface area contributed by atoms with Gasteiger partial charge < -0.3 is 14.7 Å². The van der Waals surface area contributed by atoms with Crippen molar-refractivity contribution in [1.82, 2.24) is 34.5 Å². The molecule has 2 amide bonds. The summed E-state index contributed by atoms with van der Waals surface area (Å²) in [5.74, 6) is 0.747. The number of carbonyl (C=O) groups is 1. The molecule has 5 fully saturated rings. The van der Waals surface area contributed by atoms with Crippen molar-refractivity contribution < 1.29 is 18.0 Å². The van der Waals surface area contributed by atoms with Crippen molar-refractivity contribution in [2.75, 3.05) is 44.2 Å². The van der Waals surface area contributed by atoms with Crippen LogP contribution in [0.3, 0.4) is 0 Å². The van der Waals surface area contributed by atoms with Crippen molar-refractivity contribution >= 4 is 12.0 Å². The smallest absolute Gasteiger partial charge is 0.340 e. The Balaban J connectivity index is 0.866. The largest absolute Gasteiger partial charge is 0.393 e. The number of amides is 2. The Labute approximate surface area is 206 Å². The van der Waals surface area contributed by atoms with Gasteiger partial charge in [-0.15, -0.1) is 0 Å². The zero-order chi connectivity index (χ0) is 24.7. The van der Waals surface area contributed by atoms with Gasteiger partial charge in [-0.25, -0.2) is 24.4 Å². The normalized spacial score (nSPS) is 26.2. The molecule has 5 heterocycles. The van der Waals surface area contributed by atoms with E-state index in [1.165, 1.54) is 12.8 Å². The summed E-state index contributed by atoms with van der Waals surface area (Å²) in [4.78, 5) is 31.4. The van der Waals surface area contributed by atoms with E-state index in [2.05, 4.69) is 20.1 Å². The molecule has 192 valence electrons. The standard InChI is InChI=1S/C24H29F3N8O/c25-24(26,27)18-3-4-32(11-18)21-28-7-16(8-29-21)17-9-33(10-17)22(36)34-12-23(13-34)5-19(6-23)35-14-30-20(31-35)15-1-2-15/h7-8,14-15,17-19H,1-6,9-13H2/t18-/m0/s1. The molecule has 7 rings (SSSR count). The Bertz CT molecular complexity index is 1140. The van der Waals surface area contributed by atoms with Gasteiger partial charge in [0, 0.05) is 68.9 Å². The number of anilines is 1. The number of likely N-dealkylation sites (tertiary alicyclic amines) is 2. The van der Waals surface area contributed by atoms with Crippen LogP contribution in [0.1, 0.15) is 61.4 Å². The second-order valence-corrected chi connectivity index (χ2v) is 11.4. The van der Waals surface area contributed by atoms with Gasteiger partial charge in [0.1, 0.15) is 6.33 Å². The fraction of sp³-hybridized carbons (Fsp3) is 0.708. The van der Waals surface area contributed by atoms with Crippen LogP contribution in [0, 0.1) is 11.3 Å². The molecule has 5 aliphatic rings. The van der Waals surface area contributed by atoms with Gasteiger partial charge in [-0.1, -0.05) is 0 Å². The van der Waals surface area contributed by atoms with Gasteiger partial charge in [-0.2, -0.15) is 18.3 Å². The molecule has 0 unspecified atom stereocenters. The van der Waals surface area contributed by atoms with Crippen molar-refractivity contribution in [3.63, 3.8) is 0 Å². The maximum Gasteiger partial charge on any atom is 0.393 e. The van der Waals surface area contributed by atoms with Crippen molar-refractivity contribution in [1.29, 1.82) is 0 Å². The Kier molecular flexibility index (Phi) is 4.82. The highest BCUT2D eigenvalue weighted by molar-refractivity contribution is 5.77. The van der Waals surface area contributed by atoms with Gasteiger partial charge >= 0.3 is 12.2 Å². The molecule has 2 saturated carbocycles. The number of alkyl halides is 3. The van der Waals surface area contributed by atoms with Crippen LogP contribution in [0.15, 0.2) is 18.7 Å². The number of carbonyl (C=O) groups excluding carboxylic acids is 1. The van der Waals surface area contributed by atoms with Gasteiger partial charge in [0.05, 0.1) is 12.0 Å². The predicted molar refractivity (Wildman–Crippen MR) is 122 cm³/mol. The first-order chi connectivity index (χ1) is 17.3. The molecular formula is C24H29F3N8O. The third kappa shape index (κ3) is 3.80. The van der Waals surface area contributed by atoms with Gasteiger partial charge in [0.2, 0.25) is 5.95 Å². The fourth-order valence-corrected chi connectivity index (χ4v) is 6.24. The molecule has 12 heteroatoms. The minimum absolute atomic E-state index is 0.0779. The van der Waals surface area contributed by atoms with E-state index in [-0.39, 0.29) is 30.3 Å². The van der Waals surface area contributed by atoms with Crippen LogP contribution in [0.2, 0.25) is 0 Å². The van der Waals surface area contributed by atoms with E-state index in [0.717, 1.165) is 37.3 Å². The second-order valence-electron chi connectivity index (χ2n) is 11.4. The summed E-state index contributed by atoms with van der Waals surface area (Å²) in [5.41, 5.74) is 1.16. The van der Waals surface area contributed by atoms with E-state index in [0.29, 0.717) is 37.5 Å². The highest BCUT2D eigenvalue weighted by atomic mass is 19.4. The van der Waals surface area contributed by atoms with Gasteiger partial charge in [0.15, 0.2) is 5.82 Å². The molecule has 9 nitrogen and oxygen atoms in total. The number of rotatable bonds is 4. The number of nitrogens with zero attached hydrogens (tertiary/aromatic N) is 8. The lowest BCUT2D eigenvalue weighted by molar-refractivity contribution is -0.168. The molecule has 2 aromatic rings. The minimum atomic E-state index is -4.18. The third-order valence-corrected chi connectivity index (χ3v) is 8.72. The van der Waals surface area contributed by atoms with Crippen molar-refractivity contribution in [3.05, 3.63) is 30.1 Å². The number of hydrogen-bond acceptors (Lipinski definition) is 6. The number of hydrogen-bond donors (Lipinski definition) is 0. The topological polar surface area (TPSA) is 83.3 Å². The fourth-order valence-electron chi connectivity index (χ4n) is 6.24. The van der Waals surface area contributed by atoms with E-state index in [1.54, 1.807) is 17.3 Å². The molecule has 1 spiro atoms. The summed E-state index contributed by atoms with van der Waals surface area (Å²) >= 11 is 0. The molecule has 2 aliphatic carbocycles. The van der Waals surface area contributed by atoms with Gasteiger partial charge in [-0.3, -0.25) is 0 Å². The van der Waals surface area contributed by atoms with Crippen LogP contribution < -0.4 is 4.90 Å². The molecule has 3 saturated heterocycles. The first kappa shape index (κ1) is 22.3. The van der Waals surface area contributed by atoms with Crippen LogP contribution in [0.5, 0.6) is 0 Å². The van der Waals surface area contributed by atoms with Crippen LogP contribution in [0.4, 0.5) is 23.9 Å². The molecule has 3 aliphatic heterocycles. The number of urea groups is 1. The molecule has 0 aromatic carbocycles. The van der Waals surface area contributed by atoms with E-state index >= 15 is 0 Å². The van der Waals surface area contributed by atoms with Crippen LogP contribution >= 0.6 is 0 Å². The van der Waals surface area contributed by atoms with Crippen molar-refractivity contribution in [2.24, 2.45) is 11.3 Å². The number of halogens is 3. The second kappa shape index (κ2) is 7.79. The molecule has 0 N–H and O–H groups in total. The van der Waals surface area contributed by atoms with E-state index in [4.69, 9.17) is 0 Å². The summed E-state index contributed by atoms with van der Waals surface area (Å²) in [5, 5.41) is 4.66. The lowest BCUT2D eigenvalue weighted by Gasteiger charge is -2.60. The lowest BCUT2D eigenvalue weighted by atomic mass is 9.61. The van der Waals surface area contributed by atoms with Crippen LogP contribution in [-0.4, -0.2) is 86.0 Å². The summed E-state index contributed by atoms with van der Waals surface area (Å²) < 4.78 is 40.8. The molecule has 2 aromatic heterocycles. The zero-order valence-electron chi connectivity index (χ0n) is 19.9. The first-order valence-corrected chi connectivity index (χ1v) is 12.8. The Morgan fingerprint density at radius 3 is 2.31 bits per heavy atom. The zero-order valence-corrected chi connectivity index (χ0v) is 19.9. The summed E-state index contributed by atoms with van der Waals surface area (Å²) in [6, 6.07) is 0.489. The van der Waals surface area contributed by atoms with Crippen LogP contribution in [-0.2, 0) is 0 Å². The summed E-state index contributed by atoms with van der Waals surface area (Å²) in [6.07, 6.45) is 5.68. The van der Waals surface area contributed by atoms with Crippen LogP contribution in [0.25, 0.3) is 0 Å². The average molecular weight is 503 g/mol. The predicted octanol–water partition coefficient (Wildman–Crippen LogP) is 3.19. The lowest BCUT2D eigenvalue weighted by Crippen LogP contribution is -2.67. The summed E-state index contributed by atoms with van der Waals surface area (Å²) in [7, 11) is 0. The van der Waals surface area contributed by atoms with Crippen molar-refractivity contribution in [3.8, 4) is 0 Å². The first-order valence-electron chi connectivity index (χ1n) is 12.8. The molecule has 0 bridgehead atoms. The molecule has 36 heavy (non-hydrogen) atoms. The Morgan fingerprint density at radius 1 is 0.944 bits per heavy atom. The van der Waals surface area contributed by atoms with E-state index in [9.17, 15) is 18.0 Å². The molecular weight excluding hydrogens is 473 g/mol. The minimum Gasteiger partial charge on any atom is -0.340 e. The van der Waals surface area contributed by atoms with Gasteiger partial charge in [-0.05, 0) is 37.7 Å². The van der Waals surface area contributed by atoms with Crippen molar-refractivity contribution in [2.45, 2.75) is 56.2 Å². The maximum absolute atomic E-state index is 12.9. The monoisotopic (exact) mass is 502 g/mol. The average Bonchev–Trinajstić information content (AvgIpc) is 3.27. The maximum atomic E-state index is 12.9. The third-order valence-electron chi connectivity index (χ3n) is 8.72. The molecule has 0 radical (unpaired) electrons. The van der Waals surface area contributed by atoms with E-state index in [1.807, 2.05) is 20.8 Å². The summed E-state index contributed by atoms with van der Waals surface area (Å²) in [6.45, 7) is 3.08. The SMILES string of the molecule is O=C(N1CC(c2cnc(N3CC[C@H](C(F)(F)F)C3)nc2)C1)N1CC2(CC(n3cnc(C4CC4)n3)C2)C1. The Morgan fingerprint density at radius 2 is 1.67 bits per heavy atom. The highest BCUT2D eigenvalue weighted by Crippen LogP contribution is 2.54. The van der Waals surface area contributed by atoms with E-state index < -0.39 is 12.1 Å². The van der Waals surface area contributed by atoms with Gasteiger partial charge in [0.25, 0.3) is 0 Å². The molecule has 1 atom stereocenters. The number of aromatic nitrogens is 5. The highest BCUT2D eigenvalue weighted by Gasteiger charge is 2.55. The Hall–Kier alpha value is -2.92. The quantitative estimate of drug-likeness (QED) is 0.639.